The third-order valence-electron chi connectivity index (χ3n) is 5.45. The van der Waals surface area contributed by atoms with Gasteiger partial charge in [-0.25, -0.2) is 4.79 Å². The summed E-state index contributed by atoms with van der Waals surface area (Å²) >= 11 is 0. The Bertz CT molecular complexity index is 830. The second kappa shape index (κ2) is 5.95. The average Bonchev–Trinajstić information content (AvgIpc) is 3.13. The molecule has 0 spiro atoms. The number of aliphatic hydroxyl groups excluding tert-OH is 1. The number of hydrogen-bond acceptors (Lipinski definition) is 5. The minimum absolute atomic E-state index is 0.0627. The predicted octanol–water partition coefficient (Wildman–Crippen LogP) is 1.59. The van der Waals surface area contributed by atoms with Crippen molar-refractivity contribution in [1.29, 1.82) is 0 Å². The Morgan fingerprint density at radius 3 is 2.58 bits per heavy atom. The van der Waals surface area contributed by atoms with Crippen molar-refractivity contribution in [1.82, 2.24) is 4.90 Å². The molecule has 3 aliphatic heterocycles. The molecule has 2 N–H and O–H groups in total. The summed E-state index contributed by atoms with van der Waals surface area (Å²) in [5.41, 5.74) is 2.58. The Kier molecular flexibility index (Phi) is 3.84. The SMILES string of the molecule is CC1=NN(c2ccccc2)[C@@H](C2=C(C(=O)O)N3C(=O)[C@H]([C@@H](C)O)[C@H]3C2)C1. The van der Waals surface area contributed by atoms with Crippen molar-refractivity contribution in [2.75, 3.05) is 5.01 Å². The maximum Gasteiger partial charge on any atom is 0.352 e. The molecule has 0 aromatic heterocycles. The number of rotatable bonds is 4. The van der Waals surface area contributed by atoms with Gasteiger partial charge in [0.2, 0.25) is 5.91 Å². The normalized spacial score (nSPS) is 28.8. The monoisotopic (exact) mass is 355 g/mol. The molecule has 4 rings (SSSR count). The first kappa shape index (κ1) is 16.8. The van der Waals surface area contributed by atoms with Crippen LogP contribution in [0, 0.1) is 5.92 Å². The molecule has 1 aromatic carbocycles. The van der Waals surface area contributed by atoms with E-state index in [0.29, 0.717) is 18.4 Å². The van der Waals surface area contributed by atoms with Gasteiger partial charge in [-0.2, -0.15) is 5.10 Å². The van der Waals surface area contributed by atoms with Gasteiger partial charge < -0.3 is 15.1 Å². The number of β-lactam (4-membered cyclic amide) rings is 1. The van der Waals surface area contributed by atoms with Crippen molar-refractivity contribution in [2.24, 2.45) is 11.0 Å². The lowest BCUT2D eigenvalue weighted by Gasteiger charge is -2.44. The molecule has 0 aliphatic carbocycles. The van der Waals surface area contributed by atoms with Crippen LogP contribution in [0.15, 0.2) is 46.7 Å². The molecule has 7 heteroatoms. The third-order valence-corrected chi connectivity index (χ3v) is 5.45. The number of para-hydroxylation sites is 1. The summed E-state index contributed by atoms with van der Waals surface area (Å²) in [6.45, 7) is 3.50. The molecule has 1 fully saturated rings. The van der Waals surface area contributed by atoms with Crippen molar-refractivity contribution in [3.05, 3.63) is 41.6 Å². The van der Waals surface area contributed by atoms with E-state index in [1.54, 1.807) is 6.92 Å². The first-order chi connectivity index (χ1) is 12.4. The zero-order valence-electron chi connectivity index (χ0n) is 14.7. The van der Waals surface area contributed by atoms with E-state index in [0.717, 1.165) is 11.4 Å². The molecular formula is C19H21N3O4. The summed E-state index contributed by atoms with van der Waals surface area (Å²) in [5, 5.41) is 26.1. The Hall–Kier alpha value is -2.67. The molecule has 26 heavy (non-hydrogen) atoms. The van der Waals surface area contributed by atoms with Crippen molar-refractivity contribution >= 4 is 23.3 Å². The predicted molar refractivity (Wildman–Crippen MR) is 95.5 cm³/mol. The first-order valence-corrected chi connectivity index (χ1v) is 8.76. The van der Waals surface area contributed by atoms with E-state index in [2.05, 4.69) is 5.10 Å². The minimum Gasteiger partial charge on any atom is -0.477 e. The number of hydrazone groups is 1. The topological polar surface area (TPSA) is 93.4 Å². The Morgan fingerprint density at radius 2 is 1.96 bits per heavy atom. The number of aliphatic hydroxyl groups is 1. The fourth-order valence-electron chi connectivity index (χ4n) is 4.35. The molecule has 136 valence electrons. The van der Waals surface area contributed by atoms with Gasteiger partial charge in [-0.15, -0.1) is 0 Å². The van der Waals surface area contributed by atoms with E-state index in [9.17, 15) is 19.8 Å². The molecule has 0 unspecified atom stereocenters. The standard InChI is InChI=1S/C19H21N3O4/c1-10-8-14(22(20-10)12-6-4-3-5-7-12)13-9-15-16(11(2)23)18(24)21(15)17(13)19(25)26/h3-7,11,14-16,23H,8-9H2,1-2H3,(H,25,26)/t11-,14-,15-,16-/m1/s1. The zero-order chi connectivity index (χ0) is 18.6. The molecule has 1 aromatic rings. The van der Waals surface area contributed by atoms with Crippen molar-refractivity contribution in [2.45, 2.75) is 44.9 Å². The summed E-state index contributed by atoms with van der Waals surface area (Å²) < 4.78 is 0. The van der Waals surface area contributed by atoms with Crippen LogP contribution in [0.4, 0.5) is 5.69 Å². The number of carboxylic acids is 1. The van der Waals surface area contributed by atoms with Gasteiger partial charge in [0.15, 0.2) is 0 Å². The lowest BCUT2D eigenvalue weighted by atomic mass is 9.82. The molecule has 0 bridgehead atoms. The molecule has 0 radical (unpaired) electrons. The first-order valence-electron chi connectivity index (χ1n) is 8.76. The van der Waals surface area contributed by atoms with Crippen molar-refractivity contribution in [3.63, 3.8) is 0 Å². The number of carboxylic acid groups (broad SMARTS) is 1. The van der Waals surface area contributed by atoms with Crippen LogP contribution in [-0.2, 0) is 9.59 Å². The second-order valence-electron chi connectivity index (χ2n) is 7.16. The third kappa shape index (κ3) is 2.34. The van der Waals surface area contributed by atoms with E-state index in [1.807, 2.05) is 42.3 Å². The van der Waals surface area contributed by atoms with E-state index < -0.39 is 18.0 Å². The summed E-state index contributed by atoms with van der Waals surface area (Å²) in [4.78, 5) is 25.7. The number of hydrogen-bond donors (Lipinski definition) is 2. The van der Waals surface area contributed by atoms with Crippen molar-refractivity contribution < 1.29 is 19.8 Å². The van der Waals surface area contributed by atoms with Crippen LogP contribution in [0.1, 0.15) is 26.7 Å². The van der Waals surface area contributed by atoms with Gasteiger partial charge in [0, 0.05) is 12.1 Å². The summed E-state index contributed by atoms with van der Waals surface area (Å²) in [7, 11) is 0. The van der Waals surface area contributed by atoms with Gasteiger partial charge >= 0.3 is 5.97 Å². The summed E-state index contributed by atoms with van der Waals surface area (Å²) in [6.07, 6.45) is 0.291. The number of fused-ring (bicyclic) bond motifs is 1. The number of aliphatic carboxylic acids is 1. The fourth-order valence-corrected chi connectivity index (χ4v) is 4.35. The average molecular weight is 355 g/mol. The van der Waals surface area contributed by atoms with E-state index >= 15 is 0 Å². The number of carbonyl (C=O) groups is 2. The fraction of sp³-hybridized carbons (Fsp3) is 0.421. The number of benzene rings is 1. The molecule has 4 atom stereocenters. The molecule has 3 heterocycles. The highest BCUT2D eigenvalue weighted by Crippen LogP contribution is 2.46. The largest absolute Gasteiger partial charge is 0.477 e. The number of amides is 1. The van der Waals surface area contributed by atoms with Crippen LogP contribution in [0.3, 0.4) is 0 Å². The quantitative estimate of drug-likeness (QED) is 0.800. The van der Waals surface area contributed by atoms with Crippen LogP contribution in [-0.4, -0.2) is 50.9 Å². The van der Waals surface area contributed by atoms with Gasteiger partial charge in [-0.1, -0.05) is 18.2 Å². The highest BCUT2D eigenvalue weighted by atomic mass is 16.4. The molecular weight excluding hydrogens is 334 g/mol. The maximum atomic E-state index is 12.4. The van der Waals surface area contributed by atoms with E-state index in [1.165, 1.54) is 4.90 Å². The van der Waals surface area contributed by atoms with Crippen LogP contribution < -0.4 is 5.01 Å². The lowest BCUT2D eigenvalue weighted by Crippen LogP contribution is -2.61. The lowest BCUT2D eigenvalue weighted by molar-refractivity contribution is -0.161. The van der Waals surface area contributed by atoms with Gasteiger partial charge in [0.25, 0.3) is 0 Å². The van der Waals surface area contributed by atoms with Crippen LogP contribution in [0.25, 0.3) is 0 Å². The van der Waals surface area contributed by atoms with Crippen LogP contribution in [0.5, 0.6) is 0 Å². The molecule has 1 saturated heterocycles. The van der Waals surface area contributed by atoms with Gasteiger partial charge in [-0.3, -0.25) is 9.80 Å². The second-order valence-corrected chi connectivity index (χ2v) is 7.16. The molecule has 7 nitrogen and oxygen atoms in total. The van der Waals surface area contributed by atoms with Crippen molar-refractivity contribution in [3.8, 4) is 0 Å². The summed E-state index contributed by atoms with van der Waals surface area (Å²) in [5.74, 6) is -1.94. The summed E-state index contributed by atoms with van der Waals surface area (Å²) in [6, 6.07) is 9.11. The smallest absolute Gasteiger partial charge is 0.352 e. The molecule has 3 aliphatic rings. The molecule has 1 amide bonds. The van der Waals surface area contributed by atoms with Gasteiger partial charge in [0.1, 0.15) is 5.70 Å². The highest BCUT2D eigenvalue weighted by Gasteiger charge is 2.58. The Morgan fingerprint density at radius 1 is 1.27 bits per heavy atom. The van der Waals surface area contributed by atoms with Crippen LogP contribution in [0.2, 0.25) is 0 Å². The van der Waals surface area contributed by atoms with Gasteiger partial charge in [0.05, 0.1) is 29.8 Å². The van der Waals surface area contributed by atoms with E-state index in [-0.39, 0.29) is 23.7 Å². The van der Waals surface area contributed by atoms with Crippen LogP contribution >= 0.6 is 0 Å². The highest BCUT2D eigenvalue weighted by molar-refractivity contribution is 6.00. The molecule has 0 saturated carbocycles. The Labute approximate surface area is 151 Å². The van der Waals surface area contributed by atoms with Gasteiger partial charge in [-0.05, 0) is 38.0 Å². The maximum absolute atomic E-state index is 12.4. The van der Waals surface area contributed by atoms with E-state index in [4.69, 9.17) is 0 Å². The number of anilines is 1. The number of nitrogens with zero attached hydrogens (tertiary/aromatic N) is 3. The zero-order valence-corrected chi connectivity index (χ0v) is 14.7. The minimum atomic E-state index is -1.10. The Balaban J connectivity index is 1.72. The number of carbonyl (C=O) groups excluding carboxylic acids is 1.